The zero-order valence-corrected chi connectivity index (χ0v) is 13.8. The molecule has 0 aliphatic heterocycles. The van der Waals surface area contributed by atoms with Gasteiger partial charge >= 0.3 is 5.97 Å². The van der Waals surface area contributed by atoms with E-state index in [4.69, 9.17) is 14.5 Å². The summed E-state index contributed by atoms with van der Waals surface area (Å²) in [5.74, 6) is 0.407. The molecule has 24 heavy (non-hydrogen) atoms. The summed E-state index contributed by atoms with van der Waals surface area (Å²) >= 11 is 1.14. The molecule has 0 fully saturated rings. The Hall–Kier alpha value is -2.79. The van der Waals surface area contributed by atoms with E-state index in [-0.39, 0.29) is 24.0 Å². The van der Waals surface area contributed by atoms with Crippen LogP contribution in [0.2, 0.25) is 0 Å². The predicted octanol–water partition coefficient (Wildman–Crippen LogP) is 2.27. The van der Waals surface area contributed by atoms with E-state index in [0.717, 1.165) is 17.3 Å². The van der Waals surface area contributed by atoms with E-state index in [2.05, 4.69) is 10.5 Å². The minimum absolute atomic E-state index is 0.0587. The van der Waals surface area contributed by atoms with Gasteiger partial charge in [-0.15, -0.1) is 11.8 Å². The number of ether oxygens (including phenoxy) is 1. The maximum Gasteiger partial charge on any atom is 0.316 e. The smallest absolute Gasteiger partial charge is 0.316 e. The summed E-state index contributed by atoms with van der Waals surface area (Å²) < 4.78 is 9.94. The molecular formula is C16H15N3O4S. The van der Waals surface area contributed by atoms with Crippen molar-refractivity contribution in [3.05, 3.63) is 47.2 Å². The standard InChI is InChI=1S/C16H15N3O4S/c1-11-5-14(19-23-11)18-15(20)9-24-10-16(21)22-8-13-4-2-3-12(6-13)7-17/h2-6H,8-10H2,1H3,(H,18,19,20). The molecule has 0 bridgehead atoms. The highest BCUT2D eigenvalue weighted by Gasteiger charge is 2.09. The molecule has 0 spiro atoms. The van der Waals surface area contributed by atoms with Crippen LogP contribution in [0.4, 0.5) is 5.82 Å². The zero-order chi connectivity index (χ0) is 17.4. The van der Waals surface area contributed by atoms with Crippen LogP contribution in [-0.2, 0) is 20.9 Å². The Labute approximate surface area is 143 Å². The highest BCUT2D eigenvalue weighted by atomic mass is 32.2. The summed E-state index contributed by atoms with van der Waals surface area (Å²) in [5, 5.41) is 15.0. The van der Waals surface area contributed by atoms with E-state index in [9.17, 15) is 9.59 Å². The number of thioether (sulfide) groups is 1. The summed E-state index contributed by atoms with van der Waals surface area (Å²) in [6, 6.07) is 10.5. The Morgan fingerprint density at radius 2 is 2.21 bits per heavy atom. The molecule has 1 N–H and O–H groups in total. The van der Waals surface area contributed by atoms with Crippen LogP contribution in [0.5, 0.6) is 0 Å². The summed E-state index contributed by atoms with van der Waals surface area (Å²) in [7, 11) is 0. The largest absolute Gasteiger partial charge is 0.460 e. The van der Waals surface area contributed by atoms with Crippen molar-refractivity contribution in [2.24, 2.45) is 0 Å². The molecule has 8 heteroatoms. The van der Waals surface area contributed by atoms with Gasteiger partial charge in [-0.05, 0) is 24.6 Å². The fraction of sp³-hybridized carbons (Fsp3) is 0.250. The molecule has 0 saturated carbocycles. The molecule has 1 amide bonds. The van der Waals surface area contributed by atoms with Gasteiger partial charge in [0.05, 0.1) is 23.1 Å². The first kappa shape index (κ1) is 17.6. The lowest BCUT2D eigenvalue weighted by molar-refractivity contribution is -0.141. The minimum Gasteiger partial charge on any atom is -0.460 e. The van der Waals surface area contributed by atoms with Gasteiger partial charge in [0.15, 0.2) is 5.82 Å². The van der Waals surface area contributed by atoms with Crippen molar-refractivity contribution in [3.8, 4) is 6.07 Å². The highest BCUT2D eigenvalue weighted by Crippen LogP contribution is 2.10. The highest BCUT2D eigenvalue weighted by molar-refractivity contribution is 8.00. The molecule has 124 valence electrons. The van der Waals surface area contributed by atoms with E-state index >= 15 is 0 Å². The molecule has 0 saturated heterocycles. The maximum atomic E-state index is 11.7. The number of carbonyl (C=O) groups is 2. The van der Waals surface area contributed by atoms with Crippen LogP contribution in [0.25, 0.3) is 0 Å². The van der Waals surface area contributed by atoms with Crippen molar-refractivity contribution >= 4 is 29.5 Å². The van der Waals surface area contributed by atoms with E-state index in [1.165, 1.54) is 0 Å². The third kappa shape index (κ3) is 5.78. The monoisotopic (exact) mass is 345 g/mol. The van der Waals surface area contributed by atoms with E-state index in [1.54, 1.807) is 37.3 Å². The van der Waals surface area contributed by atoms with Crippen LogP contribution in [0, 0.1) is 18.3 Å². The van der Waals surface area contributed by atoms with E-state index in [0.29, 0.717) is 17.1 Å². The van der Waals surface area contributed by atoms with Crippen molar-refractivity contribution in [2.45, 2.75) is 13.5 Å². The summed E-state index contributed by atoms with van der Waals surface area (Å²) in [4.78, 5) is 23.3. The number of nitrogens with zero attached hydrogens (tertiary/aromatic N) is 2. The fourth-order valence-corrected chi connectivity index (χ4v) is 2.38. The number of amides is 1. The lowest BCUT2D eigenvalue weighted by atomic mass is 10.1. The molecule has 0 atom stereocenters. The van der Waals surface area contributed by atoms with Gasteiger partial charge in [-0.25, -0.2) is 0 Å². The summed E-state index contributed by atoms with van der Waals surface area (Å²) in [6.07, 6.45) is 0. The van der Waals surface area contributed by atoms with Gasteiger partial charge in [0.1, 0.15) is 12.4 Å². The minimum atomic E-state index is -0.424. The SMILES string of the molecule is Cc1cc(NC(=O)CSCC(=O)OCc2cccc(C#N)c2)no1. The molecule has 0 unspecified atom stereocenters. The predicted molar refractivity (Wildman–Crippen MR) is 88.1 cm³/mol. The quantitative estimate of drug-likeness (QED) is 0.767. The first-order valence-electron chi connectivity index (χ1n) is 7.02. The van der Waals surface area contributed by atoms with Gasteiger partial charge in [0, 0.05) is 6.07 Å². The molecule has 1 aromatic carbocycles. The van der Waals surface area contributed by atoms with Crippen LogP contribution >= 0.6 is 11.8 Å². The Morgan fingerprint density at radius 3 is 2.92 bits per heavy atom. The van der Waals surface area contributed by atoms with Crippen LogP contribution in [0.1, 0.15) is 16.9 Å². The second-order valence-corrected chi connectivity index (χ2v) is 5.82. The molecule has 0 aliphatic carbocycles. The zero-order valence-electron chi connectivity index (χ0n) is 12.9. The Kier molecular flexibility index (Phi) is 6.40. The number of rotatable bonds is 7. The van der Waals surface area contributed by atoms with Gasteiger partial charge in [-0.3, -0.25) is 9.59 Å². The molecule has 2 rings (SSSR count). The number of esters is 1. The number of hydrogen-bond acceptors (Lipinski definition) is 7. The summed E-state index contributed by atoms with van der Waals surface area (Å²) in [5.41, 5.74) is 1.25. The summed E-state index contributed by atoms with van der Waals surface area (Å²) in [6.45, 7) is 1.82. The van der Waals surface area contributed by atoms with Gasteiger partial charge in [-0.1, -0.05) is 17.3 Å². The second kappa shape index (κ2) is 8.74. The first-order chi connectivity index (χ1) is 11.6. The number of anilines is 1. The van der Waals surface area contributed by atoms with Gasteiger partial charge in [-0.2, -0.15) is 5.26 Å². The Balaban J connectivity index is 1.66. The molecular weight excluding hydrogens is 330 g/mol. The fourth-order valence-electron chi connectivity index (χ4n) is 1.77. The van der Waals surface area contributed by atoms with E-state index < -0.39 is 5.97 Å². The molecule has 7 nitrogen and oxygen atoms in total. The lowest BCUT2D eigenvalue weighted by Gasteiger charge is -2.05. The number of nitrogens with one attached hydrogen (secondary N) is 1. The average molecular weight is 345 g/mol. The molecule has 2 aromatic rings. The molecule has 0 radical (unpaired) electrons. The average Bonchev–Trinajstić information content (AvgIpc) is 2.98. The van der Waals surface area contributed by atoms with Gasteiger partial charge < -0.3 is 14.6 Å². The molecule has 0 aliphatic rings. The number of aryl methyl sites for hydroxylation is 1. The number of benzene rings is 1. The first-order valence-corrected chi connectivity index (χ1v) is 8.18. The maximum absolute atomic E-state index is 11.7. The third-order valence-corrected chi connectivity index (χ3v) is 3.71. The third-order valence-electron chi connectivity index (χ3n) is 2.80. The van der Waals surface area contributed by atoms with Crippen LogP contribution in [0.3, 0.4) is 0 Å². The number of aromatic nitrogens is 1. The second-order valence-electron chi connectivity index (χ2n) is 4.84. The number of hydrogen-bond donors (Lipinski definition) is 1. The van der Waals surface area contributed by atoms with Crippen molar-refractivity contribution in [2.75, 3.05) is 16.8 Å². The topological polar surface area (TPSA) is 105 Å². The van der Waals surface area contributed by atoms with Crippen LogP contribution < -0.4 is 5.32 Å². The molecule has 1 heterocycles. The number of nitriles is 1. The van der Waals surface area contributed by atoms with Gasteiger partial charge in [0.2, 0.25) is 5.91 Å². The molecule has 1 aromatic heterocycles. The van der Waals surface area contributed by atoms with Crippen molar-refractivity contribution in [1.29, 1.82) is 5.26 Å². The van der Waals surface area contributed by atoms with Crippen LogP contribution in [0.15, 0.2) is 34.9 Å². The number of carbonyl (C=O) groups excluding carboxylic acids is 2. The van der Waals surface area contributed by atoms with Gasteiger partial charge in [0.25, 0.3) is 0 Å². The van der Waals surface area contributed by atoms with Crippen molar-refractivity contribution in [1.82, 2.24) is 5.16 Å². The normalized spacial score (nSPS) is 10.0. The van der Waals surface area contributed by atoms with Crippen LogP contribution in [-0.4, -0.2) is 28.5 Å². The van der Waals surface area contributed by atoms with Crippen molar-refractivity contribution in [3.63, 3.8) is 0 Å². The Bertz CT molecular complexity index is 767. The Morgan fingerprint density at radius 1 is 1.38 bits per heavy atom. The van der Waals surface area contributed by atoms with Crippen molar-refractivity contribution < 1.29 is 18.8 Å². The van der Waals surface area contributed by atoms with E-state index in [1.807, 2.05) is 6.07 Å². The lowest BCUT2D eigenvalue weighted by Crippen LogP contribution is -2.16.